The van der Waals surface area contributed by atoms with E-state index in [9.17, 15) is 0 Å². The van der Waals surface area contributed by atoms with E-state index in [0.717, 1.165) is 23.7 Å². The summed E-state index contributed by atoms with van der Waals surface area (Å²) in [6.45, 7) is 4.67. The van der Waals surface area contributed by atoms with E-state index in [0.29, 0.717) is 11.3 Å². The molecule has 0 heteroatoms. The van der Waals surface area contributed by atoms with Crippen LogP contribution in [-0.2, 0) is 0 Å². The summed E-state index contributed by atoms with van der Waals surface area (Å²) in [7, 11) is 0. The van der Waals surface area contributed by atoms with Crippen molar-refractivity contribution in [3.05, 3.63) is 60.2 Å². The molecule has 4 rings (SSSR count). The smallest absolute Gasteiger partial charge is 0.0199 e. The topological polar surface area (TPSA) is 0 Å². The molecule has 0 aromatic heterocycles. The highest BCUT2D eigenvalue weighted by Crippen LogP contribution is 2.54. The number of hydrogen-bond donors (Lipinski definition) is 0. The van der Waals surface area contributed by atoms with Crippen LogP contribution in [0.15, 0.2) is 54.6 Å². The zero-order valence-corrected chi connectivity index (χ0v) is 22.4. The first-order chi connectivity index (χ1) is 16.7. The lowest BCUT2D eigenvalue weighted by Gasteiger charge is -2.49. The van der Waals surface area contributed by atoms with Crippen LogP contribution >= 0.6 is 0 Å². The van der Waals surface area contributed by atoms with Gasteiger partial charge in [0.25, 0.3) is 0 Å². The second-order valence-corrected chi connectivity index (χ2v) is 12.1. The second kappa shape index (κ2) is 13.1. The van der Waals surface area contributed by atoms with Gasteiger partial charge < -0.3 is 0 Å². The maximum atomic E-state index is 2.73. The van der Waals surface area contributed by atoms with Gasteiger partial charge in [0.2, 0.25) is 0 Å². The van der Waals surface area contributed by atoms with Crippen molar-refractivity contribution in [2.24, 2.45) is 29.1 Å². The van der Waals surface area contributed by atoms with Crippen LogP contribution < -0.4 is 0 Å². The van der Waals surface area contributed by atoms with Gasteiger partial charge in [-0.05, 0) is 54.9 Å². The van der Waals surface area contributed by atoms with E-state index >= 15 is 0 Å². The molecule has 0 unspecified atom stereocenters. The molecule has 2 fully saturated rings. The van der Waals surface area contributed by atoms with E-state index in [1.54, 1.807) is 0 Å². The molecule has 3 aliphatic rings. The maximum Gasteiger partial charge on any atom is 0.0199 e. The Bertz CT molecular complexity index is 694. The van der Waals surface area contributed by atoms with Crippen molar-refractivity contribution in [3.63, 3.8) is 0 Å². The molecular weight excluding hydrogens is 408 g/mol. The van der Waals surface area contributed by atoms with Crippen LogP contribution in [0, 0.1) is 29.1 Å². The molecule has 0 bridgehead atoms. The molecule has 0 nitrogen and oxygen atoms in total. The molecule has 3 aliphatic carbocycles. The second-order valence-electron chi connectivity index (χ2n) is 12.1. The normalized spacial score (nSPS) is 29.4. The molecule has 0 saturated heterocycles. The van der Waals surface area contributed by atoms with Crippen molar-refractivity contribution >= 4 is 0 Å². The Morgan fingerprint density at radius 3 is 1.53 bits per heavy atom. The molecule has 2 saturated carbocycles. The summed E-state index contributed by atoms with van der Waals surface area (Å²) < 4.78 is 0. The monoisotopic (exact) mass is 460 g/mol. The molecule has 0 aliphatic heterocycles. The van der Waals surface area contributed by atoms with Gasteiger partial charge in [-0.25, -0.2) is 0 Å². The summed E-state index contributed by atoms with van der Waals surface area (Å²) in [6.07, 6.45) is 33.8. The minimum absolute atomic E-state index is 0.327. The summed E-state index contributed by atoms with van der Waals surface area (Å²) in [6, 6.07) is 11.1. The predicted molar refractivity (Wildman–Crippen MR) is 149 cm³/mol. The highest BCUT2D eigenvalue weighted by atomic mass is 14.5. The lowest BCUT2D eigenvalue weighted by atomic mass is 9.55. The Morgan fingerprint density at radius 2 is 1.09 bits per heavy atom. The molecule has 1 aromatic rings. The van der Waals surface area contributed by atoms with Gasteiger partial charge in [-0.15, -0.1) is 0 Å². The molecule has 188 valence electrons. The van der Waals surface area contributed by atoms with Gasteiger partial charge in [-0.1, -0.05) is 146 Å². The van der Waals surface area contributed by atoms with Gasteiger partial charge in [0.05, 0.1) is 0 Å². The molecule has 0 radical (unpaired) electrons. The standard InChI is InChI=1S/C34H52/c1-3-5-8-12-28-16-20-32(21-17-28)34(33-22-18-29(19-23-33)13-9-6-4-2)26-24-31(25-27-34)30-14-10-7-11-15-30/h7,10-11,14-15,24-29,31-33H,3-6,8-9,12-13,16-23H2,1-2H3/t28-,29-,32-,33-. The van der Waals surface area contributed by atoms with Gasteiger partial charge in [-0.3, -0.25) is 0 Å². The third-order valence-electron chi connectivity index (χ3n) is 9.91. The first-order valence-electron chi connectivity index (χ1n) is 15.2. The van der Waals surface area contributed by atoms with Gasteiger partial charge in [0.15, 0.2) is 0 Å². The fraction of sp³-hybridized carbons (Fsp3) is 0.706. The van der Waals surface area contributed by atoms with Gasteiger partial charge in [0, 0.05) is 11.3 Å². The zero-order valence-electron chi connectivity index (χ0n) is 22.4. The first kappa shape index (κ1) is 25.8. The van der Waals surface area contributed by atoms with Crippen LogP contribution in [0.25, 0.3) is 0 Å². The fourth-order valence-electron chi connectivity index (χ4n) is 7.70. The molecule has 0 heterocycles. The molecule has 1 aromatic carbocycles. The summed E-state index contributed by atoms with van der Waals surface area (Å²) >= 11 is 0. The third-order valence-corrected chi connectivity index (χ3v) is 9.91. The van der Waals surface area contributed by atoms with Crippen LogP contribution in [0.2, 0.25) is 0 Å². The highest BCUT2D eigenvalue weighted by Gasteiger charge is 2.44. The van der Waals surface area contributed by atoms with Crippen molar-refractivity contribution in [1.82, 2.24) is 0 Å². The largest absolute Gasteiger partial charge is 0.0771 e. The number of rotatable bonds is 11. The van der Waals surface area contributed by atoms with E-state index in [1.807, 2.05) is 0 Å². The average molecular weight is 461 g/mol. The van der Waals surface area contributed by atoms with Crippen LogP contribution in [0.1, 0.15) is 128 Å². The fourth-order valence-corrected chi connectivity index (χ4v) is 7.70. The summed E-state index contributed by atoms with van der Waals surface area (Å²) in [5.41, 5.74) is 1.77. The molecule has 0 atom stereocenters. The van der Waals surface area contributed by atoms with Gasteiger partial charge in [-0.2, -0.15) is 0 Å². The van der Waals surface area contributed by atoms with Crippen LogP contribution in [0.3, 0.4) is 0 Å². The third kappa shape index (κ3) is 6.47. The summed E-state index contributed by atoms with van der Waals surface area (Å²) in [4.78, 5) is 0. The van der Waals surface area contributed by atoms with Crippen molar-refractivity contribution in [2.45, 2.75) is 122 Å². The number of unbranched alkanes of at least 4 members (excludes halogenated alkanes) is 4. The highest BCUT2D eigenvalue weighted by molar-refractivity contribution is 5.35. The lowest BCUT2D eigenvalue weighted by Crippen LogP contribution is -2.40. The van der Waals surface area contributed by atoms with E-state index in [1.165, 1.54) is 108 Å². The first-order valence-corrected chi connectivity index (χ1v) is 15.2. The average Bonchev–Trinajstić information content (AvgIpc) is 2.90. The quantitative estimate of drug-likeness (QED) is 0.227. The van der Waals surface area contributed by atoms with E-state index < -0.39 is 0 Å². The van der Waals surface area contributed by atoms with Crippen molar-refractivity contribution < 1.29 is 0 Å². The summed E-state index contributed by atoms with van der Waals surface area (Å²) in [5.74, 6) is 4.19. The van der Waals surface area contributed by atoms with Gasteiger partial charge >= 0.3 is 0 Å². The Morgan fingerprint density at radius 1 is 0.618 bits per heavy atom. The van der Waals surface area contributed by atoms with E-state index in [4.69, 9.17) is 0 Å². The molecule has 0 N–H and O–H groups in total. The van der Waals surface area contributed by atoms with Gasteiger partial charge in [0.1, 0.15) is 0 Å². The molecular formula is C34H52. The maximum absolute atomic E-state index is 2.73. The van der Waals surface area contributed by atoms with Crippen molar-refractivity contribution in [2.75, 3.05) is 0 Å². The zero-order chi connectivity index (χ0) is 23.6. The lowest BCUT2D eigenvalue weighted by molar-refractivity contribution is 0.0821. The Kier molecular flexibility index (Phi) is 9.96. The minimum atomic E-state index is 0.327. The van der Waals surface area contributed by atoms with Crippen molar-refractivity contribution in [3.8, 4) is 0 Å². The number of allylic oxidation sites excluding steroid dienone is 4. The molecule has 34 heavy (non-hydrogen) atoms. The number of hydrogen-bond acceptors (Lipinski definition) is 0. The summed E-state index contributed by atoms with van der Waals surface area (Å²) in [5, 5.41) is 0. The number of benzene rings is 1. The van der Waals surface area contributed by atoms with Crippen LogP contribution in [0.5, 0.6) is 0 Å². The van der Waals surface area contributed by atoms with E-state index in [-0.39, 0.29) is 0 Å². The van der Waals surface area contributed by atoms with Crippen LogP contribution in [-0.4, -0.2) is 0 Å². The Balaban J connectivity index is 1.43. The Hall–Kier alpha value is -1.30. The SMILES string of the molecule is CCCCC[C@H]1CC[C@H](C2([C@H]3CC[C@H](CCCCC)CC3)C=CC(c3ccccc3)C=C2)CC1. The predicted octanol–water partition coefficient (Wildman–Crippen LogP) is 10.7. The van der Waals surface area contributed by atoms with E-state index in [2.05, 4.69) is 68.5 Å². The molecule has 0 spiro atoms. The van der Waals surface area contributed by atoms with Crippen LogP contribution in [0.4, 0.5) is 0 Å². The Labute approximate surface area is 211 Å². The molecule has 0 amide bonds. The van der Waals surface area contributed by atoms with Crippen molar-refractivity contribution in [1.29, 1.82) is 0 Å². The minimum Gasteiger partial charge on any atom is -0.0771 e.